The molecule has 3 N–H and O–H groups in total. The minimum Gasteiger partial charge on any atom is -0.389 e. The first kappa shape index (κ1) is 13.0. The van der Waals surface area contributed by atoms with Gasteiger partial charge in [-0.1, -0.05) is 49.4 Å². The average molecular weight is 245 g/mol. The molecule has 2 aromatic carbocycles. The zero-order chi connectivity index (χ0) is 13.0. The highest BCUT2D eigenvalue weighted by atomic mass is 16.3. The van der Waals surface area contributed by atoms with Crippen LogP contribution in [0.3, 0.4) is 0 Å². The van der Waals surface area contributed by atoms with E-state index < -0.39 is 12.2 Å². The summed E-state index contributed by atoms with van der Waals surface area (Å²) in [5.74, 6) is 0. The highest BCUT2D eigenvalue weighted by Crippen LogP contribution is 2.26. The second-order valence-corrected chi connectivity index (χ2v) is 4.39. The Bertz CT molecular complexity index is 507. The van der Waals surface area contributed by atoms with Crippen molar-refractivity contribution in [2.75, 3.05) is 13.1 Å². The maximum atomic E-state index is 10.2. The fourth-order valence-corrected chi connectivity index (χ4v) is 2.12. The van der Waals surface area contributed by atoms with Crippen LogP contribution in [0.25, 0.3) is 10.8 Å². The SMILES string of the molecule is CCNCC(O)C(O)c1cccc2ccccc12. The van der Waals surface area contributed by atoms with Gasteiger partial charge in [0.25, 0.3) is 0 Å². The maximum absolute atomic E-state index is 10.2. The molecule has 0 amide bonds. The summed E-state index contributed by atoms with van der Waals surface area (Å²) in [6.45, 7) is 3.14. The number of hydrogen-bond acceptors (Lipinski definition) is 3. The third-order valence-corrected chi connectivity index (χ3v) is 3.11. The van der Waals surface area contributed by atoms with E-state index in [9.17, 15) is 10.2 Å². The van der Waals surface area contributed by atoms with Gasteiger partial charge >= 0.3 is 0 Å². The van der Waals surface area contributed by atoms with Crippen LogP contribution in [0.1, 0.15) is 18.6 Å². The van der Waals surface area contributed by atoms with Crippen molar-refractivity contribution >= 4 is 10.8 Å². The quantitative estimate of drug-likeness (QED) is 0.753. The Morgan fingerprint density at radius 2 is 1.78 bits per heavy atom. The smallest absolute Gasteiger partial charge is 0.107 e. The highest BCUT2D eigenvalue weighted by Gasteiger charge is 2.19. The Labute approximate surface area is 107 Å². The van der Waals surface area contributed by atoms with E-state index in [1.54, 1.807) is 0 Å². The fourth-order valence-electron chi connectivity index (χ4n) is 2.12. The molecular weight excluding hydrogens is 226 g/mol. The van der Waals surface area contributed by atoms with Crippen LogP contribution >= 0.6 is 0 Å². The first-order chi connectivity index (χ1) is 8.74. The zero-order valence-electron chi connectivity index (χ0n) is 10.5. The number of fused-ring (bicyclic) bond motifs is 1. The molecule has 0 saturated carbocycles. The minimum atomic E-state index is -0.866. The summed E-state index contributed by atoms with van der Waals surface area (Å²) in [4.78, 5) is 0. The van der Waals surface area contributed by atoms with E-state index in [0.29, 0.717) is 6.54 Å². The number of likely N-dealkylation sites (N-methyl/N-ethyl adjacent to an activating group) is 1. The van der Waals surface area contributed by atoms with Gasteiger partial charge in [-0.05, 0) is 22.9 Å². The topological polar surface area (TPSA) is 52.5 Å². The Morgan fingerprint density at radius 1 is 1.06 bits per heavy atom. The van der Waals surface area contributed by atoms with E-state index in [4.69, 9.17) is 0 Å². The summed E-state index contributed by atoms with van der Waals surface area (Å²) in [6, 6.07) is 13.6. The lowest BCUT2D eigenvalue weighted by molar-refractivity contribution is 0.0203. The molecule has 2 aromatic rings. The van der Waals surface area contributed by atoms with Gasteiger partial charge in [-0.3, -0.25) is 0 Å². The number of aliphatic hydroxyl groups is 2. The monoisotopic (exact) mass is 245 g/mol. The molecule has 0 aliphatic carbocycles. The molecule has 0 aliphatic rings. The second-order valence-electron chi connectivity index (χ2n) is 4.39. The molecular formula is C15H19NO2. The number of hydrogen-bond donors (Lipinski definition) is 3. The lowest BCUT2D eigenvalue weighted by Crippen LogP contribution is -2.31. The summed E-state index contributed by atoms with van der Waals surface area (Å²) < 4.78 is 0. The molecule has 0 heterocycles. The van der Waals surface area contributed by atoms with Crippen LogP contribution < -0.4 is 5.32 Å². The third kappa shape index (κ3) is 2.70. The van der Waals surface area contributed by atoms with Crippen LogP contribution in [0.2, 0.25) is 0 Å². The van der Waals surface area contributed by atoms with Crippen molar-refractivity contribution in [3.05, 3.63) is 48.0 Å². The molecule has 0 spiro atoms. The van der Waals surface area contributed by atoms with E-state index >= 15 is 0 Å². The summed E-state index contributed by atoms with van der Waals surface area (Å²) in [5.41, 5.74) is 0.776. The van der Waals surface area contributed by atoms with Crippen LogP contribution in [-0.4, -0.2) is 29.4 Å². The van der Waals surface area contributed by atoms with Crippen LogP contribution in [-0.2, 0) is 0 Å². The second kappa shape index (κ2) is 5.96. The Kier molecular flexibility index (Phi) is 4.31. The lowest BCUT2D eigenvalue weighted by Gasteiger charge is -2.20. The minimum absolute atomic E-state index is 0.390. The molecule has 3 heteroatoms. The molecule has 0 bridgehead atoms. The predicted octanol–water partition coefficient (Wildman–Crippen LogP) is 1.84. The van der Waals surface area contributed by atoms with E-state index in [-0.39, 0.29) is 0 Å². The van der Waals surface area contributed by atoms with Gasteiger partial charge in [0.05, 0.1) is 6.10 Å². The van der Waals surface area contributed by atoms with Crippen molar-refractivity contribution in [1.29, 1.82) is 0 Å². The molecule has 0 radical (unpaired) electrons. The highest BCUT2D eigenvalue weighted by molar-refractivity contribution is 5.86. The normalized spacial score (nSPS) is 14.6. The van der Waals surface area contributed by atoms with Crippen molar-refractivity contribution < 1.29 is 10.2 Å². The molecule has 0 saturated heterocycles. The van der Waals surface area contributed by atoms with Crippen molar-refractivity contribution in [1.82, 2.24) is 5.32 Å². The van der Waals surface area contributed by atoms with E-state index in [1.807, 2.05) is 49.4 Å². The van der Waals surface area contributed by atoms with Crippen LogP contribution in [0, 0.1) is 0 Å². The lowest BCUT2D eigenvalue weighted by atomic mass is 9.97. The molecule has 2 unspecified atom stereocenters. The molecule has 2 rings (SSSR count). The van der Waals surface area contributed by atoms with Gasteiger partial charge < -0.3 is 15.5 Å². The summed E-state index contributed by atoms with van der Waals surface area (Å²) in [7, 11) is 0. The number of benzene rings is 2. The van der Waals surface area contributed by atoms with Crippen LogP contribution in [0.15, 0.2) is 42.5 Å². The van der Waals surface area contributed by atoms with Gasteiger partial charge in [0.2, 0.25) is 0 Å². The molecule has 3 nitrogen and oxygen atoms in total. The Balaban J connectivity index is 2.29. The summed E-state index contributed by atoms with van der Waals surface area (Å²) >= 11 is 0. The fraction of sp³-hybridized carbons (Fsp3) is 0.333. The molecule has 0 aliphatic heterocycles. The van der Waals surface area contributed by atoms with Crippen LogP contribution in [0.4, 0.5) is 0 Å². The Hall–Kier alpha value is -1.42. The van der Waals surface area contributed by atoms with Crippen LogP contribution in [0.5, 0.6) is 0 Å². The zero-order valence-corrected chi connectivity index (χ0v) is 10.5. The number of rotatable bonds is 5. The molecule has 0 fully saturated rings. The summed E-state index contributed by atoms with van der Waals surface area (Å²) in [6.07, 6.45) is -1.66. The van der Waals surface area contributed by atoms with Gasteiger partial charge in [0.1, 0.15) is 6.10 Å². The van der Waals surface area contributed by atoms with Crippen molar-refractivity contribution in [2.24, 2.45) is 0 Å². The Morgan fingerprint density at radius 3 is 2.56 bits per heavy atom. The summed E-state index contributed by atoms with van der Waals surface area (Å²) in [5, 5.41) is 25.3. The van der Waals surface area contributed by atoms with E-state index in [2.05, 4.69) is 5.32 Å². The van der Waals surface area contributed by atoms with Crippen molar-refractivity contribution in [3.8, 4) is 0 Å². The standard InChI is InChI=1S/C15H19NO2/c1-2-16-10-14(17)15(18)13-9-5-7-11-6-3-4-8-12(11)13/h3-9,14-18H,2,10H2,1H3. The van der Waals surface area contributed by atoms with Gasteiger partial charge in [-0.15, -0.1) is 0 Å². The number of aliphatic hydroxyl groups excluding tert-OH is 2. The molecule has 2 atom stereocenters. The first-order valence-corrected chi connectivity index (χ1v) is 6.28. The average Bonchev–Trinajstić information content (AvgIpc) is 2.43. The third-order valence-electron chi connectivity index (χ3n) is 3.11. The molecule has 18 heavy (non-hydrogen) atoms. The van der Waals surface area contributed by atoms with E-state index in [1.165, 1.54) is 0 Å². The molecule has 0 aromatic heterocycles. The van der Waals surface area contributed by atoms with Crippen molar-refractivity contribution in [3.63, 3.8) is 0 Å². The number of nitrogens with one attached hydrogen (secondary N) is 1. The largest absolute Gasteiger partial charge is 0.389 e. The van der Waals surface area contributed by atoms with Gasteiger partial charge in [-0.25, -0.2) is 0 Å². The molecule has 96 valence electrons. The first-order valence-electron chi connectivity index (χ1n) is 6.28. The van der Waals surface area contributed by atoms with Gasteiger partial charge in [0.15, 0.2) is 0 Å². The van der Waals surface area contributed by atoms with Gasteiger partial charge in [0, 0.05) is 6.54 Å². The predicted molar refractivity (Wildman–Crippen MR) is 73.5 cm³/mol. The maximum Gasteiger partial charge on any atom is 0.107 e. The van der Waals surface area contributed by atoms with E-state index in [0.717, 1.165) is 22.9 Å². The van der Waals surface area contributed by atoms with Crippen molar-refractivity contribution in [2.45, 2.75) is 19.1 Å². The van der Waals surface area contributed by atoms with Gasteiger partial charge in [-0.2, -0.15) is 0 Å².